The first kappa shape index (κ1) is 21.6. The first-order chi connectivity index (χ1) is 16.1. The molecule has 0 radical (unpaired) electrons. The van der Waals surface area contributed by atoms with E-state index in [-0.39, 0.29) is 11.7 Å². The summed E-state index contributed by atoms with van der Waals surface area (Å²) in [6.07, 6.45) is 2.37. The Morgan fingerprint density at radius 1 is 1.18 bits per heavy atom. The summed E-state index contributed by atoms with van der Waals surface area (Å²) in [5.74, 6) is -0.144. The van der Waals surface area contributed by atoms with Crippen molar-refractivity contribution < 1.29 is 14.0 Å². The number of piperidine rings is 1. The molecule has 0 spiro atoms. The van der Waals surface area contributed by atoms with Crippen LogP contribution in [0, 0.1) is 0 Å². The molecule has 33 heavy (non-hydrogen) atoms. The van der Waals surface area contributed by atoms with Gasteiger partial charge in [-0.2, -0.15) is 0 Å². The Morgan fingerprint density at radius 2 is 2.06 bits per heavy atom. The molecule has 3 aromatic heterocycles. The average Bonchev–Trinajstić information content (AvgIpc) is 3.54. The van der Waals surface area contributed by atoms with E-state index in [1.165, 1.54) is 0 Å². The predicted molar refractivity (Wildman–Crippen MR) is 128 cm³/mol. The van der Waals surface area contributed by atoms with Crippen LogP contribution in [0.1, 0.15) is 19.3 Å². The summed E-state index contributed by atoms with van der Waals surface area (Å²) in [6, 6.07) is 13.2. The maximum absolute atomic E-state index is 12.7. The standard InChI is InChI=1S/C23H21N5O3S2/c24-21(30)18-8-3-4-10-28(18)20(29)13-33-23-27-26-22(31-23)15-12-17(19-9-5-11-32-19)25-16-7-2-1-6-14(15)16/h1-2,5-7,9,11-12,18H,3-4,8,10,13H2,(H2,24,30). The fraction of sp³-hybridized carbons (Fsp3) is 0.261. The molecule has 0 bridgehead atoms. The fourth-order valence-electron chi connectivity index (χ4n) is 4.01. The van der Waals surface area contributed by atoms with Crippen molar-refractivity contribution in [3.63, 3.8) is 0 Å². The van der Waals surface area contributed by atoms with E-state index < -0.39 is 11.9 Å². The second-order valence-corrected chi connectivity index (χ2v) is 9.59. The lowest BCUT2D eigenvalue weighted by atomic mass is 10.0. The highest BCUT2D eigenvalue weighted by Gasteiger charge is 2.30. The molecule has 4 aromatic rings. The molecule has 2 amide bonds. The first-order valence-electron chi connectivity index (χ1n) is 10.6. The quantitative estimate of drug-likeness (QED) is 0.416. The van der Waals surface area contributed by atoms with Crippen LogP contribution in [0.5, 0.6) is 0 Å². The zero-order chi connectivity index (χ0) is 22.8. The minimum absolute atomic E-state index is 0.100. The smallest absolute Gasteiger partial charge is 0.277 e. The molecule has 1 saturated heterocycles. The van der Waals surface area contributed by atoms with Crippen molar-refractivity contribution in [2.45, 2.75) is 30.5 Å². The minimum atomic E-state index is -0.538. The molecule has 8 nitrogen and oxygen atoms in total. The van der Waals surface area contributed by atoms with Crippen LogP contribution in [-0.2, 0) is 9.59 Å². The Hall–Kier alpha value is -3.24. The van der Waals surface area contributed by atoms with E-state index in [1.54, 1.807) is 16.2 Å². The number of hydrogen-bond donors (Lipinski definition) is 1. The largest absolute Gasteiger partial charge is 0.411 e. The van der Waals surface area contributed by atoms with Crippen LogP contribution in [0.4, 0.5) is 0 Å². The van der Waals surface area contributed by atoms with Gasteiger partial charge in [-0.05, 0) is 42.8 Å². The van der Waals surface area contributed by atoms with Crippen molar-refractivity contribution in [2.24, 2.45) is 5.73 Å². The molecule has 1 aliphatic heterocycles. The van der Waals surface area contributed by atoms with Gasteiger partial charge in [-0.15, -0.1) is 21.5 Å². The average molecular weight is 480 g/mol. The number of hydrogen-bond acceptors (Lipinski definition) is 8. The van der Waals surface area contributed by atoms with Crippen molar-refractivity contribution in [1.29, 1.82) is 0 Å². The lowest BCUT2D eigenvalue weighted by Crippen LogP contribution is -2.51. The van der Waals surface area contributed by atoms with E-state index in [1.807, 2.05) is 47.8 Å². The number of carbonyl (C=O) groups excluding carboxylic acids is 2. The number of rotatable bonds is 6. The SMILES string of the molecule is NC(=O)C1CCCCN1C(=O)CSc1nnc(-c2cc(-c3cccs3)nc3ccccc23)o1. The maximum atomic E-state index is 12.7. The number of likely N-dealkylation sites (tertiary alicyclic amines) is 1. The first-order valence-corrected chi connectivity index (χ1v) is 12.5. The number of aromatic nitrogens is 3. The zero-order valence-corrected chi connectivity index (χ0v) is 19.3. The molecule has 5 rings (SSSR count). The van der Waals surface area contributed by atoms with Gasteiger partial charge in [-0.1, -0.05) is 36.0 Å². The number of nitrogens with zero attached hydrogens (tertiary/aromatic N) is 4. The van der Waals surface area contributed by atoms with Crippen LogP contribution >= 0.6 is 23.1 Å². The lowest BCUT2D eigenvalue weighted by Gasteiger charge is -2.33. The van der Waals surface area contributed by atoms with E-state index in [4.69, 9.17) is 15.1 Å². The Kier molecular flexibility index (Phi) is 6.10. The van der Waals surface area contributed by atoms with Gasteiger partial charge < -0.3 is 15.1 Å². The summed E-state index contributed by atoms with van der Waals surface area (Å²) in [6.45, 7) is 0.538. The van der Waals surface area contributed by atoms with Crippen LogP contribution in [-0.4, -0.2) is 50.2 Å². The predicted octanol–water partition coefficient (Wildman–Crippen LogP) is 3.97. The van der Waals surface area contributed by atoms with Crippen LogP contribution < -0.4 is 5.73 Å². The number of carbonyl (C=O) groups is 2. The van der Waals surface area contributed by atoms with E-state index in [2.05, 4.69) is 10.2 Å². The Labute approximate surface area is 198 Å². The van der Waals surface area contributed by atoms with Gasteiger partial charge in [0.1, 0.15) is 6.04 Å². The summed E-state index contributed by atoms with van der Waals surface area (Å²) in [5.41, 5.74) is 7.94. The van der Waals surface area contributed by atoms with Crippen LogP contribution in [0.2, 0.25) is 0 Å². The van der Waals surface area contributed by atoms with Crippen molar-refractivity contribution in [3.8, 4) is 22.0 Å². The molecule has 1 fully saturated rings. The molecule has 1 aliphatic rings. The molecule has 1 atom stereocenters. The molecule has 2 N–H and O–H groups in total. The van der Waals surface area contributed by atoms with Crippen LogP contribution in [0.25, 0.3) is 32.9 Å². The number of nitrogens with two attached hydrogens (primary N) is 1. The number of primary amides is 1. The molecular formula is C23H21N5O3S2. The fourth-order valence-corrected chi connectivity index (χ4v) is 5.35. The number of para-hydroxylation sites is 1. The topological polar surface area (TPSA) is 115 Å². The number of thiophene rings is 1. The van der Waals surface area contributed by atoms with Crippen molar-refractivity contribution >= 4 is 45.8 Å². The monoisotopic (exact) mass is 479 g/mol. The molecule has 0 saturated carbocycles. The molecule has 4 heterocycles. The second-order valence-electron chi connectivity index (χ2n) is 7.71. The number of thioether (sulfide) groups is 1. The Bertz CT molecular complexity index is 1300. The number of amides is 2. The van der Waals surface area contributed by atoms with Gasteiger partial charge in [0.25, 0.3) is 5.22 Å². The summed E-state index contributed by atoms with van der Waals surface area (Å²) in [7, 11) is 0. The molecular weight excluding hydrogens is 458 g/mol. The van der Waals surface area contributed by atoms with Gasteiger partial charge in [-0.3, -0.25) is 9.59 Å². The summed E-state index contributed by atoms with van der Waals surface area (Å²) in [5, 5.41) is 11.6. The molecule has 0 aliphatic carbocycles. The summed E-state index contributed by atoms with van der Waals surface area (Å²) < 4.78 is 5.92. The highest BCUT2D eigenvalue weighted by atomic mass is 32.2. The van der Waals surface area contributed by atoms with E-state index in [0.717, 1.165) is 51.6 Å². The van der Waals surface area contributed by atoms with Gasteiger partial charge in [0.2, 0.25) is 17.7 Å². The normalized spacial score (nSPS) is 16.2. The molecule has 10 heteroatoms. The third kappa shape index (κ3) is 4.49. The number of benzene rings is 1. The highest BCUT2D eigenvalue weighted by molar-refractivity contribution is 7.99. The second kappa shape index (κ2) is 9.32. The van der Waals surface area contributed by atoms with Gasteiger partial charge in [0, 0.05) is 11.9 Å². The van der Waals surface area contributed by atoms with Crippen molar-refractivity contribution in [3.05, 3.63) is 47.8 Å². The van der Waals surface area contributed by atoms with Crippen molar-refractivity contribution in [1.82, 2.24) is 20.1 Å². The highest BCUT2D eigenvalue weighted by Crippen LogP contribution is 2.34. The van der Waals surface area contributed by atoms with Gasteiger partial charge >= 0.3 is 0 Å². The van der Waals surface area contributed by atoms with E-state index >= 15 is 0 Å². The summed E-state index contributed by atoms with van der Waals surface area (Å²) in [4.78, 5) is 31.8. The Balaban J connectivity index is 1.38. The van der Waals surface area contributed by atoms with E-state index in [0.29, 0.717) is 24.1 Å². The zero-order valence-electron chi connectivity index (χ0n) is 17.6. The lowest BCUT2D eigenvalue weighted by molar-refractivity contribution is -0.138. The molecule has 1 aromatic carbocycles. The van der Waals surface area contributed by atoms with Gasteiger partial charge in [0.05, 0.1) is 27.4 Å². The van der Waals surface area contributed by atoms with Crippen molar-refractivity contribution in [2.75, 3.05) is 12.3 Å². The minimum Gasteiger partial charge on any atom is -0.411 e. The number of fused-ring (bicyclic) bond motifs is 1. The third-order valence-electron chi connectivity index (χ3n) is 5.60. The van der Waals surface area contributed by atoms with E-state index in [9.17, 15) is 9.59 Å². The van der Waals surface area contributed by atoms with Gasteiger partial charge in [-0.25, -0.2) is 4.98 Å². The van der Waals surface area contributed by atoms with Gasteiger partial charge in [0.15, 0.2) is 0 Å². The molecule has 168 valence electrons. The third-order valence-corrected chi connectivity index (χ3v) is 7.29. The van der Waals surface area contributed by atoms with Crippen LogP contribution in [0.15, 0.2) is 57.5 Å². The molecule has 1 unspecified atom stereocenters. The van der Waals surface area contributed by atoms with Crippen LogP contribution in [0.3, 0.4) is 0 Å². The Morgan fingerprint density at radius 3 is 2.88 bits per heavy atom. The maximum Gasteiger partial charge on any atom is 0.277 e. The summed E-state index contributed by atoms with van der Waals surface area (Å²) >= 11 is 2.77. The number of pyridine rings is 1.